The molecule has 0 atom stereocenters. The lowest BCUT2D eigenvalue weighted by atomic mass is 10.1. The zero-order valence-electron chi connectivity index (χ0n) is 31.2. The average Bonchev–Trinajstić information content (AvgIpc) is 3.81. The maximum atomic E-state index is 4.93. The molecule has 8 aromatic carbocycles. The first-order chi connectivity index (χ1) is 28.3. The van der Waals surface area contributed by atoms with Crippen molar-refractivity contribution in [3.8, 4) is 22.6 Å². The van der Waals surface area contributed by atoms with Crippen molar-refractivity contribution < 1.29 is 0 Å². The van der Waals surface area contributed by atoms with Gasteiger partial charge in [0, 0.05) is 44.7 Å². The highest BCUT2D eigenvalue weighted by molar-refractivity contribution is 7.20. The first-order valence-corrected chi connectivity index (χ1v) is 21.6. The lowest BCUT2D eigenvalue weighted by Crippen LogP contribution is -2.75. The van der Waals surface area contributed by atoms with Gasteiger partial charge in [0.05, 0.1) is 27.8 Å². The second-order valence-electron chi connectivity index (χ2n) is 14.7. The summed E-state index contributed by atoms with van der Waals surface area (Å²) in [5.41, 5.74) is 9.26. The highest BCUT2D eigenvalue weighted by atomic mass is 28.3. The van der Waals surface area contributed by atoms with E-state index in [4.69, 9.17) is 4.98 Å². The molecule has 0 aliphatic heterocycles. The molecule has 0 unspecified atom stereocenters. The van der Waals surface area contributed by atoms with Crippen molar-refractivity contribution in [2.24, 2.45) is 0 Å². The molecule has 3 nitrogen and oxygen atoms in total. The number of para-hydroxylation sites is 4. The van der Waals surface area contributed by atoms with Crippen LogP contribution in [-0.2, 0) is 0 Å². The number of aromatic nitrogens is 3. The molecule has 0 fully saturated rings. The Hall–Kier alpha value is -7.27. The van der Waals surface area contributed by atoms with Crippen LogP contribution in [0.5, 0.6) is 0 Å². The van der Waals surface area contributed by atoms with Crippen molar-refractivity contribution in [3.63, 3.8) is 0 Å². The van der Waals surface area contributed by atoms with Crippen LogP contribution in [0.25, 0.3) is 66.2 Å². The van der Waals surface area contributed by atoms with Gasteiger partial charge >= 0.3 is 0 Å². The normalized spacial score (nSPS) is 11.9. The smallest absolute Gasteiger partial charge is 0.180 e. The minimum atomic E-state index is -3.02. The van der Waals surface area contributed by atoms with Crippen LogP contribution in [-0.4, -0.2) is 22.2 Å². The summed E-state index contributed by atoms with van der Waals surface area (Å²) in [7, 11) is -3.02. The Kier molecular flexibility index (Phi) is 7.83. The third-order valence-corrected chi connectivity index (χ3v) is 16.6. The Morgan fingerprint density at radius 1 is 0.316 bits per heavy atom. The molecule has 0 saturated carbocycles. The van der Waals surface area contributed by atoms with Gasteiger partial charge in [-0.3, -0.25) is 4.98 Å². The number of hydrogen-bond acceptors (Lipinski definition) is 1. The Balaban J connectivity index is 1.17. The van der Waals surface area contributed by atoms with Crippen molar-refractivity contribution in [2.45, 2.75) is 0 Å². The standard InChI is InChI=1S/C53H37N3Si/c1-2-16-40(17-3-1)57(53-28-13-8-22-47(53)48-23-14-15-37-54-48,41-33-29-38(30-34-41)55-49-24-9-4-18-43(49)44-19-5-10-25-50(44)55)42-35-31-39(32-36-42)56-51-26-11-6-20-45(51)46-21-7-12-27-52(46)56/h1-37H. The SMILES string of the molecule is c1ccc([Si](c2ccc(-n3c4ccccc4c4ccccc43)cc2)(c2ccc(-n3c4ccccc4c4ccccc43)cc2)c2ccccc2-c2ccccn2)cc1. The van der Waals surface area contributed by atoms with Crippen LogP contribution >= 0.6 is 0 Å². The van der Waals surface area contributed by atoms with Crippen LogP contribution in [0.3, 0.4) is 0 Å². The van der Waals surface area contributed by atoms with Gasteiger partial charge in [0.25, 0.3) is 0 Å². The van der Waals surface area contributed by atoms with E-state index in [-0.39, 0.29) is 0 Å². The van der Waals surface area contributed by atoms with Crippen LogP contribution in [0.2, 0.25) is 0 Å². The van der Waals surface area contributed by atoms with Crippen LogP contribution in [0.1, 0.15) is 0 Å². The van der Waals surface area contributed by atoms with E-state index in [2.05, 4.69) is 221 Å². The minimum absolute atomic E-state index is 0.977. The van der Waals surface area contributed by atoms with Crippen LogP contribution in [0, 0.1) is 0 Å². The van der Waals surface area contributed by atoms with Gasteiger partial charge in [-0.1, -0.05) is 158 Å². The van der Waals surface area contributed by atoms with E-state index in [1.54, 1.807) is 0 Å². The fourth-order valence-corrected chi connectivity index (χ4v) is 14.3. The van der Waals surface area contributed by atoms with Gasteiger partial charge < -0.3 is 9.13 Å². The molecule has 0 N–H and O–H groups in total. The van der Waals surface area contributed by atoms with E-state index in [0.29, 0.717) is 0 Å². The molecule has 3 heterocycles. The fourth-order valence-electron chi connectivity index (χ4n) is 9.33. The van der Waals surface area contributed by atoms with Gasteiger partial charge in [-0.05, 0) is 81.4 Å². The highest BCUT2D eigenvalue weighted by Gasteiger charge is 2.43. The average molecular weight is 744 g/mol. The summed E-state index contributed by atoms with van der Waals surface area (Å²) in [5, 5.41) is 10.3. The second kappa shape index (κ2) is 13.5. The van der Waals surface area contributed by atoms with Crippen LogP contribution in [0.15, 0.2) is 225 Å². The van der Waals surface area contributed by atoms with E-state index < -0.39 is 8.07 Å². The van der Waals surface area contributed by atoms with Crippen molar-refractivity contribution in [1.82, 2.24) is 14.1 Å². The predicted molar refractivity (Wildman–Crippen MR) is 242 cm³/mol. The molecule has 4 heteroatoms. The maximum Gasteiger partial charge on any atom is 0.180 e. The number of benzene rings is 8. The molecule has 0 radical (unpaired) electrons. The van der Waals surface area contributed by atoms with E-state index in [0.717, 1.165) is 22.6 Å². The molecule has 0 amide bonds. The lowest BCUT2D eigenvalue weighted by molar-refractivity contribution is 1.18. The molecule has 0 aliphatic carbocycles. The zero-order valence-corrected chi connectivity index (χ0v) is 32.2. The summed E-state index contributed by atoms with van der Waals surface area (Å²) in [6.07, 6.45) is 1.90. The molecule has 0 bridgehead atoms. The summed E-state index contributed by atoms with van der Waals surface area (Å²) >= 11 is 0. The van der Waals surface area contributed by atoms with E-state index in [9.17, 15) is 0 Å². The zero-order chi connectivity index (χ0) is 37.8. The van der Waals surface area contributed by atoms with Gasteiger partial charge in [0.1, 0.15) is 0 Å². The number of nitrogens with zero attached hydrogens (tertiary/aromatic N) is 3. The highest BCUT2D eigenvalue weighted by Crippen LogP contribution is 2.33. The summed E-state index contributed by atoms with van der Waals surface area (Å²) < 4.78 is 4.81. The Labute approximate surface area is 332 Å². The molecule has 3 aromatic heterocycles. The molecule has 268 valence electrons. The monoisotopic (exact) mass is 743 g/mol. The number of fused-ring (bicyclic) bond motifs is 6. The number of hydrogen-bond donors (Lipinski definition) is 0. The maximum absolute atomic E-state index is 4.93. The molecule has 0 saturated heterocycles. The second-order valence-corrected chi connectivity index (χ2v) is 18.5. The largest absolute Gasteiger partial charge is 0.309 e. The lowest BCUT2D eigenvalue weighted by Gasteiger charge is -2.36. The number of pyridine rings is 1. The minimum Gasteiger partial charge on any atom is -0.309 e. The van der Waals surface area contributed by atoms with Crippen molar-refractivity contribution in [1.29, 1.82) is 0 Å². The Morgan fingerprint density at radius 2 is 0.702 bits per heavy atom. The van der Waals surface area contributed by atoms with Crippen LogP contribution in [0.4, 0.5) is 0 Å². The predicted octanol–water partition coefficient (Wildman–Crippen LogP) is 10.3. The summed E-state index contributed by atoms with van der Waals surface area (Å²) in [6.45, 7) is 0. The van der Waals surface area contributed by atoms with Gasteiger partial charge in [-0.2, -0.15) is 0 Å². The van der Waals surface area contributed by atoms with Crippen molar-refractivity contribution in [3.05, 3.63) is 225 Å². The topological polar surface area (TPSA) is 22.8 Å². The van der Waals surface area contributed by atoms with E-state index in [1.807, 2.05) is 12.3 Å². The third-order valence-electron chi connectivity index (χ3n) is 11.8. The van der Waals surface area contributed by atoms with Gasteiger partial charge in [-0.15, -0.1) is 0 Å². The summed E-state index contributed by atoms with van der Waals surface area (Å²) in [5.74, 6) is 0. The van der Waals surface area contributed by atoms with Gasteiger partial charge in [0.15, 0.2) is 8.07 Å². The Bertz CT molecular complexity index is 2950. The molecular formula is C53H37N3Si. The summed E-state index contributed by atoms with van der Waals surface area (Å²) in [4.78, 5) is 4.93. The first-order valence-electron chi connectivity index (χ1n) is 19.6. The fraction of sp³-hybridized carbons (Fsp3) is 0. The molecule has 57 heavy (non-hydrogen) atoms. The quantitative estimate of drug-likeness (QED) is 0.118. The van der Waals surface area contributed by atoms with E-state index >= 15 is 0 Å². The Morgan fingerprint density at radius 3 is 1.16 bits per heavy atom. The molecule has 11 aromatic rings. The molecule has 0 spiro atoms. The first kappa shape index (κ1) is 33.1. The number of rotatable bonds is 7. The summed E-state index contributed by atoms with van der Waals surface area (Å²) in [6, 6.07) is 80.2. The van der Waals surface area contributed by atoms with Crippen molar-refractivity contribution >= 4 is 72.4 Å². The van der Waals surface area contributed by atoms with E-state index in [1.165, 1.54) is 64.4 Å². The molecular weight excluding hydrogens is 707 g/mol. The van der Waals surface area contributed by atoms with Crippen LogP contribution < -0.4 is 20.7 Å². The van der Waals surface area contributed by atoms with Gasteiger partial charge in [-0.25, -0.2) is 0 Å². The van der Waals surface area contributed by atoms with Crippen molar-refractivity contribution in [2.75, 3.05) is 0 Å². The molecule has 11 rings (SSSR count). The molecule has 0 aliphatic rings. The third kappa shape index (κ3) is 5.15. The van der Waals surface area contributed by atoms with Gasteiger partial charge in [0.2, 0.25) is 0 Å².